The van der Waals surface area contributed by atoms with Crippen LogP contribution in [0.25, 0.3) is 0 Å². The van der Waals surface area contributed by atoms with E-state index in [4.69, 9.17) is 5.11 Å². The maximum atomic E-state index is 10.3. The topological polar surface area (TPSA) is 69.6 Å². The molecule has 1 saturated heterocycles. The van der Waals surface area contributed by atoms with Gasteiger partial charge in [-0.2, -0.15) is 0 Å². The molecular formula is C8H15NO3. The number of aliphatic hydroxyl groups excluding tert-OH is 1. The summed E-state index contributed by atoms with van der Waals surface area (Å²) >= 11 is 0. The van der Waals surface area contributed by atoms with Gasteiger partial charge < -0.3 is 15.5 Å². The third-order valence-electron chi connectivity index (χ3n) is 2.32. The molecule has 1 fully saturated rings. The summed E-state index contributed by atoms with van der Waals surface area (Å²) in [6.07, 6.45) is 1.28. The molecule has 0 amide bonds. The van der Waals surface area contributed by atoms with Crippen LogP contribution in [0.5, 0.6) is 0 Å². The molecule has 0 spiro atoms. The monoisotopic (exact) mass is 173 g/mol. The number of rotatable bonds is 3. The minimum absolute atomic E-state index is 0.168. The first-order chi connectivity index (χ1) is 5.70. The van der Waals surface area contributed by atoms with Crippen LogP contribution in [0.15, 0.2) is 0 Å². The van der Waals surface area contributed by atoms with Gasteiger partial charge in [-0.25, -0.2) is 0 Å². The van der Waals surface area contributed by atoms with Gasteiger partial charge >= 0.3 is 5.97 Å². The van der Waals surface area contributed by atoms with Crippen molar-refractivity contribution in [3.63, 3.8) is 0 Å². The highest BCUT2D eigenvalue weighted by Gasteiger charge is 2.22. The molecule has 0 aromatic rings. The molecule has 4 nitrogen and oxygen atoms in total. The fourth-order valence-corrected chi connectivity index (χ4v) is 1.54. The second-order valence-electron chi connectivity index (χ2n) is 3.25. The van der Waals surface area contributed by atoms with E-state index >= 15 is 0 Å². The summed E-state index contributed by atoms with van der Waals surface area (Å²) in [4.78, 5) is 10.3. The quantitative estimate of drug-likeness (QED) is 0.554. The Kier molecular flexibility index (Phi) is 3.49. The predicted molar refractivity (Wildman–Crippen MR) is 43.9 cm³/mol. The molecule has 0 aromatic carbocycles. The van der Waals surface area contributed by atoms with Crippen LogP contribution in [-0.4, -0.2) is 35.4 Å². The molecule has 0 radical (unpaired) electrons. The number of aliphatic carboxylic acids is 1. The van der Waals surface area contributed by atoms with Crippen molar-refractivity contribution in [2.45, 2.75) is 25.4 Å². The molecule has 4 heteroatoms. The SMILES string of the molecule is O=C(O)CC[C@H]1CCNC[C@H]1O. The minimum Gasteiger partial charge on any atom is -0.481 e. The highest BCUT2D eigenvalue weighted by Crippen LogP contribution is 2.18. The largest absolute Gasteiger partial charge is 0.481 e. The standard InChI is InChI=1S/C8H15NO3/c10-7-5-9-4-3-6(7)1-2-8(11)12/h6-7,9-10H,1-5H2,(H,11,12)/t6-,7+/m0/s1. The van der Waals surface area contributed by atoms with Crippen LogP contribution in [0, 0.1) is 5.92 Å². The van der Waals surface area contributed by atoms with Crippen molar-refractivity contribution in [3.05, 3.63) is 0 Å². The van der Waals surface area contributed by atoms with Gasteiger partial charge in [0.1, 0.15) is 0 Å². The van der Waals surface area contributed by atoms with Crippen LogP contribution in [0.2, 0.25) is 0 Å². The zero-order chi connectivity index (χ0) is 8.97. The zero-order valence-electron chi connectivity index (χ0n) is 6.99. The molecule has 3 N–H and O–H groups in total. The van der Waals surface area contributed by atoms with Crippen molar-refractivity contribution >= 4 is 5.97 Å². The van der Waals surface area contributed by atoms with E-state index in [0.717, 1.165) is 13.0 Å². The van der Waals surface area contributed by atoms with E-state index < -0.39 is 5.97 Å². The molecule has 0 unspecified atom stereocenters. The van der Waals surface area contributed by atoms with E-state index in [-0.39, 0.29) is 18.4 Å². The lowest BCUT2D eigenvalue weighted by Gasteiger charge is -2.27. The summed E-state index contributed by atoms with van der Waals surface area (Å²) in [6, 6.07) is 0. The van der Waals surface area contributed by atoms with E-state index in [2.05, 4.69) is 5.32 Å². The van der Waals surface area contributed by atoms with Gasteiger partial charge in [-0.3, -0.25) is 4.79 Å². The van der Waals surface area contributed by atoms with Crippen molar-refractivity contribution < 1.29 is 15.0 Å². The molecule has 1 aliphatic rings. The predicted octanol–water partition coefficient (Wildman–Crippen LogP) is -0.178. The lowest BCUT2D eigenvalue weighted by Crippen LogP contribution is -2.40. The van der Waals surface area contributed by atoms with Gasteiger partial charge in [0, 0.05) is 13.0 Å². The highest BCUT2D eigenvalue weighted by atomic mass is 16.4. The van der Waals surface area contributed by atoms with Crippen LogP contribution in [-0.2, 0) is 4.79 Å². The van der Waals surface area contributed by atoms with E-state index in [1.807, 2.05) is 0 Å². The zero-order valence-corrected chi connectivity index (χ0v) is 6.99. The van der Waals surface area contributed by atoms with E-state index in [0.29, 0.717) is 13.0 Å². The molecule has 1 heterocycles. The number of nitrogens with one attached hydrogen (secondary N) is 1. The van der Waals surface area contributed by atoms with Gasteiger partial charge in [0.15, 0.2) is 0 Å². The summed E-state index contributed by atoms with van der Waals surface area (Å²) in [5.74, 6) is -0.608. The lowest BCUT2D eigenvalue weighted by atomic mass is 9.91. The summed E-state index contributed by atoms with van der Waals surface area (Å²) in [7, 11) is 0. The average Bonchev–Trinajstić information content (AvgIpc) is 2.03. The summed E-state index contributed by atoms with van der Waals surface area (Å²) < 4.78 is 0. The van der Waals surface area contributed by atoms with Crippen LogP contribution >= 0.6 is 0 Å². The first-order valence-electron chi connectivity index (χ1n) is 4.30. The molecule has 0 aliphatic carbocycles. The fourth-order valence-electron chi connectivity index (χ4n) is 1.54. The fraction of sp³-hybridized carbons (Fsp3) is 0.875. The van der Waals surface area contributed by atoms with Gasteiger partial charge in [0.05, 0.1) is 6.10 Å². The van der Waals surface area contributed by atoms with Gasteiger partial charge in [-0.15, -0.1) is 0 Å². The van der Waals surface area contributed by atoms with Crippen LogP contribution in [0.4, 0.5) is 0 Å². The number of β-amino-alcohol motifs (C(OH)–C–C–N with tert-alkyl or cyclic N) is 1. The average molecular weight is 173 g/mol. The number of carbonyl (C=O) groups is 1. The Morgan fingerprint density at radius 2 is 2.33 bits per heavy atom. The molecular weight excluding hydrogens is 158 g/mol. The Balaban J connectivity index is 2.24. The van der Waals surface area contributed by atoms with Crippen molar-refractivity contribution in [1.29, 1.82) is 0 Å². The van der Waals surface area contributed by atoms with Gasteiger partial charge in [-0.1, -0.05) is 0 Å². The summed E-state index contributed by atoms with van der Waals surface area (Å²) in [5, 5.41) is 20.9. The molecule has 2 atom stereocenters. The first kappa shape index (κ1) is 9.48. The Bertz CT molecular complexity index is 160. The van der Waals surface area contributed by atoms with E-state index in [9.17, 15) is 9.90 Å². The summed E-state index contributed by atoms with van der Waals surface area (Å²) in [6.45, 7) is 1.49. The number of carboxylic acid groups (broad SMARTS) is 1. The number of hydrogen-bond acceptors (Lipinski definition) is 3. The van der Waals surface area contributed by atoms with Crippen LogP contribution in [0.3, 0.4) is 0 Å². The van der Waals surface area contributed by atoms with Crippen LogP contribution < -0.4 is 5.32 Å². The first-order valence-corrected chi connectivity index (χ1v) is 4.30. The molecule has 12 heavy (non-hydrogen) atoms. The number of piperidine rings is 1. The highest BCUT2D eigenvalue weighted by molar-refractivity contribution is 5.66. The second-order valence-corrected chi connectivity index (χ2v) is 3.25. The van der Waals surface area contributed by atoms with Gasteiger partial charge in [-0.05, 0) is 25.3 Å². The van der Waals surface area contributed by atoms with E-state index in [1.165, 1.54) is 0 Å². The van der Waals surface area contributed by atoms with Crippen molar-refractivity contribution in [2.24, 2.45) is 5.92 Å². The number of hydrogen-bond donors (Lipinski definition) is 3. The second kappa shape index (κ2) is 4.42. The Hall–Kier alpha value is -0.610. The minimum atomic E-state index is -0.777. The van der Waals surface area contributed by atoms with Crippen molar-refractivity contribution in [1.82, 2.24) is 5.32 Å². The maximum Gasteiger partial charge on any atom is 0.303 e. The Morgan fingerprint density at radius 1 is 1.58 bits per heavy atom. The maximum absolute atomic E-state index is 10.3. The molecule has 1 aliphatic heterocycles. The molecule has 0 saturated carbocycles. The van der Waals surface area contributed by atoms with Crippen molar-refractivity contribution in [2.75, 3.05) is 13.1 Å². The molecule has 1 rings (SSSR count). The molecule has 70 valence electrons. The third kappa shape index (κ3) is 2.79. The molecule has 0 aromatic heterocycles. The smallest absolute Gasteiger partial charge is 0.303 e. The van der Waals surface area contributed by atoms with Gasteiger partial charge in [0.2, 0.25) is 0 Å². The Morgan fingerprint density at radius 3 is 2.92 bits per heavy atom. The lowest BCUT2D eigenvalue weighted by molar-refractivity contribution is -0.137. The van der Waals surface area contributed by atoms with Crippen molar-refractivity contribution in [3.8, 4) is 0 Å². The van der Waals surface area contributed by atoms with E-state index in [1.54, 1.807) is 0 Å². The normalized spacial score (nSPS) is 30.1. The van der Waals surface area contributed by atoms with Gasteiger partial charge in [0.25, 0.3) is 0 Å². The summed E-state index contributed by atoms with van der Waals surface area (Å²) in [5.41, 5.74) is 0. The Labute approximate surface area is 71.6 Å². The van der Waals surface area contributed by atoms with Crippen LogP contribution in [0.1, 0.15) is 19.3 Å². The number of aliphatic hydroxyl groups is 1. The molecule has 0 bridgehead atoms. The number of carboxylic acids is 1. The third-order valence-corrected chi connectivity index (χ3v) is 2.32.